The number of benzene rings is 1. The van der Waals surface area contributed by atoms with Gasteiger partial charge in [0.2, 0.25) is 10.0 Å². The minimum Gasteiger partial charge on any atom is -0.478 e. The first-order chi connectivity index (χ1) is 9.89. The van der Waals surface area contributed by atoms with Crippen molar-refractivity contribution in [2.45, 2.75) is 36.6 Å². The summed E-state index contributed by atoms with van der Waals surface area (Å²) in [6.45, 7) is 0.561. The van der Waals surface area contributed by atoms with E-state index in [4.69, 9.17) is 16.7 Å². The largest absolute Gasteiger partial charge is 0.478 e. The summed E-state index contributed by atoms with van der Waals surface area (Å²) in [6, 6.07) is 3.91. The van der Waals surface area contributed by atoms with Crippen LogP contribution in [-0.4, -0.2) is 36.4 Å². The minimum absolute atomic E-state index is 0.0502. The minimum atomic E-state index is -3.60. The van der Waals surface area contributed by atoms with Crippen molar-refractivity contribution in [1.82, 2.24) is 4.31 Å². The summed E-state index contributed by atoms with van der Waals surface area (Å²) >= 11 is 5.88. The van der Waals surface area contributed by atoms with Crippen LogP contribution in [0.25, 0.3) is 0 Å². The molecule has 0 heterocycles. The Bertz CT molecular complexity index is 680. The van der Waals surface area contributed by atoms with Crippen LogP contribution in [0.15, 0.2) is 23.1 Å². The second kappa shape index (κ2) is 5.26. The van der Waals surface area contributed by atoms with E-state index in [0.29, 0.717) is 12.5 Å². The third-order valence-electron chi connectivity index (χ3n) is 3.87. The van der Waals surface area contributed by atoms with Gasteiger partial charge in [0.05, 0.1) is 15.5 Å². The monoisotopic (exact) mass is 329 g/mol. The summed E-state index contributed by atoms with van der Waals surface area (Å²) in [4.78, 5) is 11.0. The van der Waals surface area contributed by atoms with E-state index in [9.17, 15) is 13.2 Å². The molecule has 7 heteroatoms. The van der Waals surface area contributed by atoms with Crippen molar-refractivity contribution in [3.63, 3.8) is 0 Å². The zero-order chi connectivity index (χ0) is 15.2. The van der Waals surface area contributed by atoms with Crippen LogP contribution in [0.2, 0.25) is 5.02 Å². The highest BCUT2D eigenvalue weighted by atomic mass is 35.5. The predicted octanol–water partition coefficient (Wildman–Crippen LogP) is 2.60. The first kappa shape index (κ1) is 14.8. The second-order valence-electron chi connectivity index (χ2n) is 5.70. The van der Waals surface area contributed by atoms with Gasteiger partial charge < -0.3 is 5.11 Å². The van der Waals surface area contributed by atoms with Crippen molar-refractivity contribution < 1.29 is 18.3 Å². The Hall–Kier alpha value is -1.11. The lowest BCUT2D eigenvalue weighted by Gasteiger charge is -2.22. The first-order valence-corrected chi connectivity index (χ1v) is 8.76. The molecule has 0 atom stereocenters. The molecule has 2 aliphatic rings. The Morgan fingerprint density at radius 2 is 1.95 bits per heavy atom. The van der Waals surface area contributed by atoms with Gasteiger partial charge in [0.15, 0.2) is 0 Å². The molecule has 2 aliphatic carbocycles. The van der Waals surface area contributed by atoms with Gasteiger partial charge in [0.1, 0.15) is 0 Å². The molecule has 0 radical (unpaired) electrons. The van der Waals surface area contributed by atoms with Gasteiger partial charge in [-0.15, -0.1) is 0 Å². The Balaban J connectivity index is 1.92. The van der Waals surface area contributed by atoms with E-state index < -0.39 is 16.0 Å². The van der Waals surface area contributed by atoms with Gasteiger partial charge in [-0.2, -0.15) is 4.31 Å². The van der Waals surface area contributed by atoms with Crippen molar-refractivity contribution >= 4 is 27.6 Å². The van der Waals surface area contributed by atoms with E-state index in [1.807, 2.05) is 0 Å². The predicted molar refractivity (Wildman–Crippen MR) is 78.0 cm³/mol. The normalized spacial score (nSPS) is 19.0. The molecule has 114 valence electrons. The molecule has 0 bridgehead atoms. The van der Waals surface area contributed by atoms with E-state index in [-0.39, 0.29) is 21.5 Å². The molecule has 0 unspecified atom stereocenters. The maximum atomic E-state index is 12.7. The number of carbonyl (C=O) groups is 1. The Labute approximate surface area is 128 Å². The molecule has 0 saturated heterocycles. The molecule has 0 aliphatic heterocycles. The maximum Gasteiger partial charge on any atom is 0.337 e. The molecule has 1 aromatic carbocycles. The first-order valence-electron chi connectivity index (χ1n) is 6.94. The van der Waals surface area contributed by atoms with Crippen LogP contribution in [0.4, 0.5) is 0 Å². The second-order valence-corrected chi connectivity index (χ2v) is 7.99. The fourth-order valence-electron chi connectivity index (χ4n) is 2.33. The number of aromatic carboxylic acids is 1. The highest BCUT2D eigenvalue weighted by Crippen LogP contribution is 2.38. The fraction of sp³-hybridized carbons (Fsp3) is 0.500. The molecule has 0 aromatic heterocycles. The number of rotatable bonds is 6. The summed E-state index contributed by atoms with van der Waals surface area (Å²) < 4.78 is 27.0. The number of hydrogen-bond donors (Lipinski definition) is 1. The number of sulfonamides is 1. The van der Waals surface area contributed by atoms with Crippen LogP contribution in [0.1, 0.15) is 36.0 Å². The highest BCUT2D eigenvalue weighted by Gasteiger charge is 2.41. The summed E-state index contributed by atoms with van der Waals surface area (Å²) in [5, 5.41) is 8.90. The van der Waals surface area contributed by atoms with Crippen molar-refractivity contribution in [3.05, 3.63) is 28.8 Å². The highest BCUT2D eigenvalue weighted by molar-refractivity contribution is 7.89. The number of carboxylic acids is 1. The third-order valence-corrected chi connectivity index (χ3v) is 6.09. The topological polar surface area (TPSA) is 74.7 Å². The fourth-order valence-corrected chi connectivity index (χ4v) is 4.44. The van der Waals surface area contributed by atoms with Gasteiger partial charge in [-0.1, -0.05) is 11.6 Å². The Kier molecular flexibility index (Phi) is 3.71. The SMILES string of the molecule is O=C(O)c1ccc(S(=O)(=O)N(CC2CC2)C2CC2)cc1Cl. The van der Waals surface area contributed by atoms with Crippen LogP contribution < -0.4 is 0 Å². The molecular formula is C14H16ClNO4S. The van der Waals surface area contributed by atoms with Gasteiger partial charge in [-0.05, 0) is 49.8 Å². The number of hydrogen-bond acceptors (Lipinski definition) is 3. The van der Waals surface area contributed by atoms with Crippen LogP contribution in [0.5, 0.6) is 0 Å². The molecule has 2 fully saturated rings. The van der Waals surface area contributed by atoms with Gasteiger partial charge in [0, 0.05) is 12.6 Å². The van der Waals surface area contributed by atoms with Gasteiger partial charge >= 0.3 is 5.97 Å². The number of carboxylic acid groups (broad SMARTS) is 1. The van der Waals surface area contributed by atoms with E-state index >= 15 is 0 Å². The van der Waals surface area contributed by atoms with Crippen LogP contribution in [0, 0.1) is 5.92 Å². The zero-order valence-electron chi connectivity index (χ0n) is 11.3. The van der Waals surface area contributed by atoms with Gasteiger partial charge in [-0.25, -0.2) is 13.2 Å². The average Bonchev–Trinajstić information content (AvgIpc) is 3.27. The van der Waals surface area contributed by atoms with Crippen molar-refractivity contribution in [2.24, 2.45) is 5.92 Å². The maximum absolute atomic E-state index is 12.7. The quantitative estimate of drug-likeness (QED) is 0.870. The van der Waals surface area contributed by atoms with E-state index in [1.54, 1.807) is 4.31 Å². The van der Waals surface area contributed by atoms with Gasteiger partial charge in [0.25, 0.3) is 0 Å². The number of nitrogens with zero attached hydrogens (tertiary/aromatic N) is 1. The summed E-state index contributed by atoms with van der Waals surface area (Å²) in [7, 11) is -3.60. The summed E-state index contributed by atoms with van der Waals surface area (Å²) in [5.41, 5.74) is -0.0872. The molecule has 0 spiro atoms. The van der Waals surface area contributed by atoms with E-state index in [1.165, 1.54) is 18.2 Å². The lowest BCUT2D eigenvalue weighted by Crippen LogP contribution is -2.35. The van der Waals surface area contributed by atoms with Crippen molar-refractivity contribution in [2.75, 3.05) is 6.54 Å². The molecule has 2 saturated carbocycles. The van der Waals surface area contributed by atoms with Crippen molar-refractivity contribution in [1.29, 1.82) is 0 Å². The number of halogens is 1. The van der Waals surface area contributed by atoms with Gasteiger partial charge in [-0.3, -0.25) is 0 Å². The van der Waals surface area contributed by atoms with E-state index in [2.05, 4.69) is 0 Å². The molecule has 0 amide bonds. The molecule has 21 heavy (non-hydrogen) atoms. The van der Waals surface area contributed by atoms with Crippen LogP contribution in [0.3, 0.4) is 0 Å². The molecule has 1 aromatic rings. The van der Waals surface area contributed by atoms with E-state index in [0.717, 1.165) is 25.7 Å². The molecule has 1 N–H and O–H groups in total. The van der Waals surface area contributed by atoms with Crippen LogP contribution in [-0.2, 0) is 10.0 Å². The molecule has 5 nitrogen and oxygen atoms in total. The van der Waals surface area contributed by atoms with Crippen molar-refractivity contribution in [3.8, 4) is 0 Å². The Morgan fingerprint density at radius 3 is 2.43 bits per heavy atom. The third kappa shape index (κ3) is 3.07. The zero-order valence-corrected chi connectivity index (χ0v) is 12.9. The molecular weight excluding hydrogens is 314 g/mol. The molecule has 3 rings (SSSR count). The Morgan fingerprint density at radius 1 is 1.29 bits per heavy atom. The average molecular weight is 330 g/mol. The summed E-state index contributed by atoms with van der Waals surface area (Å²) in [5.74, 6) is -0.699. The lowest BCUT2D eigenvalue weighted by molar-refractivity contribution is 0.0697. The lowest BCUT2D eigenvalue weighted by atomic mass is 10.2. The summed E-state index contributed by atoms with van der Waals surface area (Å²) in [6.07, 6.45) is 3.95. The van der Waals surface area contributed by atoms with Crippen LogP contribution >= 0.6 is 11.6 Å². The standard InChI is InChI=1S/C14H16ClNO4S/c15-13-7-11(5-6-12(13)14(17)18)21(19,20)16(10-3-4-10)8-9-1-2-9/h5-7,9-10H,1-4,8H2,(H,17,18). The smallest absolute Gasteiger partial charge is 0.337 e.